The number of hydrogen-bond donors (Lipinski definition) is 4. The Balaban J connectivity index is 2.67. The van der Waals surface area contributed by atoms with E-state index in [1.807, 2.05) is 18.2 Å². The number of carbonyl (C=O) groups is 2. The second kappa shape index (κ2) is 8.29. The maximum Gasteiger partial charge on any atom is 0.353 e. The molecule has 0 spiro atoms. The number of carboxylic acid groups (broad SMARTS) is 2. The molecule has 0 aliphatic heterocycles. The van der Waals surface area contributed by atoms with Crippen molar-refractivity contribution in [2.45, 2.75) is 12.8 Å². The fourth-order valence-electron chi connectivity index (χ4n) is 1.30. The van der Waals surface area contributed by atoms with Crippen LogP contribution in [0.3, 0.4) is 0 Å². The Kier molecular flexibility index (Phi) is 7.05. The number of benzene rings is 1. The van der Waals surface area contributed by atoms with Crippen LogP contribution in [-0.2, 0) is 9.59 Å². The molecular weight excluding hydrogens is 490 g/mol. The number of hydrazine groups is 1. The van der Waals surface area contributed by atoms with E-state index >= 15 is 0 Å². The summed E-state index contributed by atoms with van der Waals surface area (Å²) in [4.78, 5) is 21.4. The summed E-state index contributed by atoms with van der Waals surface area (Å²) in [6, 6.07) is 5.69. The largest absolute Gasteiger partial charge is 0.481 e. The van der Waals surface area contributed by atoms with Gasteiger partial charge in [-0.3, -0.25) is 10.2 Å². The zero-order valence-corrected chi connectivity index (χ0v) is 14.5. The van der Waals surface area contributed by atoms with Gasteiger partial charge in [0, 0.05) is 13.6 Å². The lowest BCUT2D eigenvalue weighted by Crippen LogP contribution is -2.26. The molecule has 0 atom stereocenters. The van der Waals surface area contributed by atoms with E-state index in [-0.39, 0.29) is 18.5 Å². The zero-order chi connectivity index (χ0) is 15.1. The van der Waals surface area contributed by atoms with Gasteiger partial charge in [0.05, 0.1) is 5.69 Å². The van der Waals surface area contributed by atoms with Crippen molar-refractivity contribution in [3.05, 3.63) is 37.1 Å². The molecule has 8 heteroatoms. The number of allylic oxidation sites excluding steroid dienone is 1. The van der Waals surface area contributed by atoms with Crippen molar-refractivity contribution in [3.63, 3.8) is 0 Å². The van der Waals surface area contributed by atoms with Gasteiger partial charge in [-0.05, 0) is 69.8 Å². The Morgan fingerprint density at radius 2 is 1.75 bits per heavy atom. The fourth-order valence-corrected chi connectivity index (χ4v) is 3.24. The highest BCUT2D eigenvalue weighted by Crippen LogP contribution is 2.17. The monoisotopic (exact) mass is 502 g/mol. The van der Waals surface area contributed by atoms with Crippen LogP contribution in [0.2, 0.25) is 0 Å². The Morgan fingerprint density at radius 3 is 2.25 bits per heavy atom. The predicted molar refractivity (Wildman–Crippen MR) is 91.2 cm³/mol. The van der Waals surface area contributed by atoms with Gasteiger partial charge in [-0.25, -0.2) is 4.79 Å². The minimum Gasteiger partial charge on any atom is -0.481 e. The topological polar surface area (TPSA) is 98.7 Å². The smallest absolute Gasteiger partial charge is 0.353 e. The van der Waals surface area contributed by atoms with Crippen LogP contribution in [0, 0.1) is 7.14 Å². The minimum atomic E-state index is -1.15. The Labute approximate surface area is 142 Å². The van der Waals surface area contributed by atoms with E-state index in [0.29, 0.717) is 0 Å². The molecule has 0 heterocycles. The van der Waals surface area contributed by atoms with Crippen molar-refractivity contribution in [1.82, 2.24) is 5.43 Å². The Morgan fingerprint density at radius 1 is 1.15 bits per heavy atom. The molecule has 0 aliphatic rings. The molecule has 0 aromatic heterocycles. The number of aliphatic carboxylic acids is 2. The van der Waals surface area contributed by atoms with Crippen molar-refractivity contribution in [1.29, 1.82) is 0 Å². The number of halogens is 2. The summed E-state index contributed by atoms with van der Waals surface area (Å²) in [6.07, 6.45) is 1.37. The van der Waals surface area contributed by atoms with Crippen molar-refractivity contribution in [2.75, 3.05) is 5.43 Å². The average Bonchev–Trinajstić information content (AvgIpc) is 2.31. The standard InChI is InChI=1S/C12H12I2N2O4/c13-7-4-8(14)6-9(5-7)15-16-10(12(19)20)2-1-3-11(17)18/h2,4-6,15-16H,1,3H2,(H,17,18)(H,19,20). The third-order valence-corrected chi connectivity index (χ3v) is 3.39. The normalized spacial score (nSPS) is 11.0. The van der Waals surface area contributed by atoms with E-state index in [0.717, 1.165) is 12.8 Å². The molecule has 0 amide bonds. The van der Waals surface area contributed by atoms with Gasteiger partial charge in [0.2, 0.25) is 0 Å². The number of anilines is 1. The van der Waals surface area contributed by atoms with Gasteiger partial charge in [0.25, 0.3) is 0 Å². The molecule has 1 aromatic rings. The van der Waals surface area contributed by atoms with Gasteiger partial charge >= 0.3 is 11.9 Å². The minimum absolute atomic E-state index is 0.0832. The van der Waals surface area contributed by atoms with Crippen molar-refractivity contribution < 1.29 is 19.8 Å². The lowest BCUT2D eigenvalue weighted by molar-refractivity contribution is -0.137. The van der Waals surface area contributed by atoms with E-state index in [1.165, 1.54) is 6.08 Å². The van der Waals surface area contributed by atoms with E-state index in [2.05, 4.69) is 56.0 Å². The van der Waals surface area contributed by atoms with E-state index < -0.39 is 11.9 Å². The van der Waals surface area contributed by atoms with Crippen LogP contribution in [0.25, 0.3) is 0 Å². The zero-order valence-electron chi connectivity index (χ0n) is 10.2. The number of hydrogen-bond acceptors (Lipinski definition) is 4. The van der Waals surface area contributed by atoms with Gasteiger partial charge < -0.3 is 15.6 Å². The quantitative estimate of drug-likeness (QED) is 0.260. The first-order valence-corrected chi connectivity index (χ1v) is 7.67. The molecule has 4 N–H and O–H groups in total. The van der Waals surface area contributed by atoms with Gasteiger partial charge in [0.15, 0.2) is 0 Å². The van der Waals surface area contributed by atoms with Gasteiger partial charge in [-0.15, -0.1) is 0 Å². The first-order chi connectivity index (χ1) is 9.38. The first-order valence-electron chi connectivity index (χ1n) is 5.52. The van der Waals surface area contributed by atoms with E-state index in [4.69, 9.17) is 10.2 Å². The van der Waals surface area contributed by atoms with E-state index in [9.17, 15) is 9.59 Å². The van der Waals surface area contributed by atoms with Crippen LogP contribution in [0.5, 0.6) is 0 Å². The average molecular weight is 502 g/mol. The Hall–Kier alpha value is -1.04. The third kappa shape index (κ3) is 6.41. The summed E-state index contributed by atoms with van der Waals surface area (Å²) < 4.78 is 2.04. The van der Waals surface area contributed by atoms with Gasteiger partial charge in [0.1, 0.15) is 5.70 Å². The molecular formula is C12H12I2N2O4. The lowest BCUT2D eigenvalue weighted by Gasteiger charge is -2.11. The summed E-state index contributed by atoms with van der Waals surface area (Å²) in [5, 5.41) is 17.5. The van der Waals surface area contributed by atoms with Crippen LogP contribution in [-0.4, -0.2) is 22.2 Å². The molecule has 0 saturated heterocycles. The van der Waals surface area contributed by atoms with Crippen molar-refractivity contribution in [3.8, 4) is 0 Å². The second-order valence-electron chi connectivity index (χ2n) is 3.76. The lowest BCUT2D eigenvalue weighted by atomic mass is 10.2. The Bertz CT molecular complexity index is 526. The summed E-state index contributed by atoms with van der Waals surface area (Å²) >= 11 is 4.33. The van der Waals surface area contributed by atoms with Gasteiger partial charge in [-0.1, -0.05) is 6.08 Å². The van der Waals surface area contributed by atoms with E-state index in [1.54, 1.807) is 0 Å². The number of carboxylic acids is 2. The summed E-state index contributed by atoms with van der Waals surface area (Å²) in [7, 11) is 0. The highest BCUT2D eigenvalue weighted by Gasteiger charge is 2.07. The molecule has 6 nitrogen and oxygen atoms in total. The molecule has 108 valence electrons. The second-order valence-corrected chi connectivity index (χ2v) is 6.25. The molecule has 0 saturated carbocycles. The van der Waals surface area contributed by atoms with Crippen molar-refractivity contribution >= 4 is 62.8 Å². The summed E-state index contributed by atoms with van der Waals surface area (Å²) in [5.74, 6) is -2.12. The number of rotatable bonds is 7. The molecule has 0 unspecified atom stereocenters. The third-order valence-electron chi connectivity index (χ3n) is 2.14. The maximum atomic E-state index is 11.0. The highest BCUT2D eigenvalue weighted by molar-refractivity contribution is 14.1. The highest BCUT2D eigenvalue weighted by atomic mass is 127. The van der Waals surface area contributed by atoms with Crippen molar-refractivity contribution in [2.24, 2.45) is 0 Å². The molecule has 20 heavy (non-hydrogen) atoms. The first kappa shape index (κ1) is 17.0. The van der Waals surface area contributed by atoms with Crippen LogP contribution >= 0.6 is 45.2 Å². The SMILES string of the molecule is O=C(O)CCC=C(NNc1cc(I)cc(I)c1)C(=O)O. The van der Waals surface area contributed by atoms with Crippen LogP contribution < -0.4 is 10.9 Å². The van der Waals surface area contributed by atoms with Crippen LogP contribution in [0.4, 0.5) is 5.69 Å². The maximum absolute atomic E-state index is 11.0. The molecule has 1 rings (SSSR count). The predicted octanol–water partition coefficient (Wildman–Crippen LogP) is 2.65. The summed E-state index contributed by atoms with van der Waals surface area (Å²) in [5.41, 5.74) is 6.01. The van der Waals surface area contributed by atoms with Gasteiger partial charge in [-0.2, -0.15) is 0 Å². The fraction of sp³-hybridized carbons (Fsp3) is 0.167. The van der Waals surface area contributed by atoms with Crippen LogP contribution in [0.15, 0.2) is 30.0 Å². The summed E-state index contributed by atoms with van der Waals surface area (Å²) in [6.45, 7) is 0. The molecule has 0 bridgehead atoms. The number of nitrogens with one attached hydrogen (secondary N) is 2. The molecule has 0 fully saturated rings. The molecule has 0 radical (unpaired) electrons. The van der Waals surface area contributed by atoms with Crippen LogP contribution in [0.1, 0.15) is 12.8 Å². The molecule has 0 aliphatic carbocycles. The molecule has 1 aromatic carbocycles.